The summed E-state index contributed by atoms with van der Waals surface area (Å²) >= 11 is 0. The van der Waals surface area contributed by atoms with Crippen LogP contribution in [-0.2, 0) is 5.60 Å². The molecule has 1 aromatic rings. The molecule has 1 saturated heterocycles. The van der Waals surface area contributed by atoms with Gasteiger partial charge in [-0.2, -0.15) is 0 Å². The summed E-state index contributed by atoms with van der Waals surface area (Å²) in [6, 6.07) is 3.95. The largest absolute Gasteiger partial charge is 0.384 e. The smallest absolute Gasteiger partial charge is 0.104 e. The SMILES string of the molecule is CC(O)(c1cccnc1)C1CCCCN1. The molecule has 82 valence electrons. The third kappa shape index (κ3) is 2.19. The Morgan fingerprint density at radius 2 is 2.40 bits per heavy atom. The van der Waals surface area contributed by atoms with Crippen molar-refractivity contribution in [1.82, 2.24) is 10.3 Å². The zero-order valence-electron chi connectivity index (χ0n) is 9.11. The monoisotopic (exact) mass is 206 g/mol. The number of piperidine rings is 1. The number of aliphatic hydroxyl groups is 1. The Kier molecular flexibility index (Phi) is 3.03. The maximum absolute atomic E-state index is 10.5. The molecule has 1 aliphatic heterocycles. The molecule has 0 aliphatic carbocycles. The average Bonchev–Trinajstić information content (AvgIpc) is 2.31. The van der Waals surface area contributed by atoms with E-state index in [2.05, 4.69) is 10.3 Å². The van der Waals surface area contributed by atoms with Crippen LogP contribution in [0.1, 0.15) is 31.7 Å². The maximum atomic E-state index is 10.5. The minimum atomic E-state index is -0.811. The zero-order chi connectivity index (χ0) is 10.7. The van der Waals surface area contributed by atoms with Crippen LogP contribution in [0.15, 0.2) is 24.5 Å². The van der Waals surface area contributed by atoms with E-state index >= 15 is 0 Å². The first-order chi connectivity index (χ1) is 7.21. The molecule has 3 nitrogen and oxygen atoms in total. The van der Waals surface area contributed by atoms with Gasteiger partial charge in [-0.3, -0.25) is 4.98 Å². The van der Waals surface area contributed by atoms with Gasteiger partial charge >= 0.3 is 0 Å². The molecule has 0 saturated carbocycles. The van der Waals surface area contributed by atoms with E-state index in [1.807, 2.05) is 19.1 Å². The molecule has 3 heteroatoms. The van der Waals surface area contributed by atoms with Gasteiger partial charge in [0.15, 0.2) is 0 Å². The molecule has 0 radical (unpaired) electrons. The predicted molar refractivity (Wildman–Crippen MR) is 59.4 cm³/mol. The van der Waals surface area contributed by atoms with Crippen molar-refractivity contribution in [2.75, 3.05) is 6.54 Å². The zero-order valence-corrected chi connectivity index (χ0v) is 9.11. The normalized spacial score (nSPS) is 25.9. The Bertz CT molecular complexity index is 305. The highest BCUT2D eigenvalue weighted by molar-refractivity contribution is 5.19. The Hall–Kier alpha value is -0.930. The molecule has 2 heterocycles. The Morgan fingerprint density at radius 3 is 3.00 bits per heavy atom. The highest BCUT2D eigenvalue weighted by Crippen LogP contribution is 2.28. The highest BCUT2D eigenvalue weighted by Gasteiger charge is 2.34. The molecule has 0 bridgehead atoms. The van der Waals surface area contributed by atoms with Gasteiger partial charge in [-0.05, 0) is 32.4 Å². The molecular weight excluding hydrogens is 188 g/mol. The van der Waals surface area contributed by atoms with Gasteiger partial charge < -0.3 is 10.4 Å². The Balaban J connectivity index is 2.18. The molecule has 0 aromatic carbocycles. The third-order valence-corrected chi connectivity index (χ3v) is 3.23. The number of pyridine rings is 1. The standard InChI is InChI=1S/C12H18N2O/c1-12(15,10-5-4-7-13-9-10)11-6-2-3-8-14-11/h4-5,7,9,11,14-15H,2-3,6,8H2,1H3. The van der Waals surface area contributed by atoms with Crippen LogP contribution < -0.4 is 5.32 Å². The number of rotatable bonds is 2. The third-order valence-electron chi connectivity index (χ3n) is 3.23. The minimum absolute atomic E-state index is 0.149. The Labute approximate surface area is 90.5 Å². The lowest BCUT2D eigenvalue weighted by atomic mass is 9.84. The van der Waals surface area contributed by atoms with Crippen LogP contribution in [0.4, 0.5) is 0 Å². The van der Waals surface area contributed by atoms with Gasteiger partial charge in [0.25, 0.3) is 0 Å². The van der Waals surface area contributed by atoms with E-state index in [-0.39, 0.29) is 6.04 Å². The molecule has 1 fully saturated rings. The van der Waals surface area contributed by atoms with Gasteiger partial charge in [-0.1, -0.05) is 12.5 Å². The molecule has 0 spiro atoms. The van der Waals surface area contributed by atoms with Crippen LogP contribution in [0.5, 0.6) is 0 Å². The topological polar surface area (TPSA) is 45.2 Å². The van der Waals surface area contributed by atoms with Crippen LogP contribution in [0, 0.1) is 0 Å². The number of hydrogen-bond donors (Lipinski definition) is 2. The van der Waals surface area contributed by atoms with E-state index < -0.39 is 5.60 Å². The second-order valence-corrected chi connectivity index (χ2v) is 4.39. The van der Waals surface area contributed by atoms with E-state index in [0.29, 0.717) is 0 Å². The summed E-state index contributed by atoms with van der Waals surface area (Å²) in [5.41, 5.74) is 0.0821. The van der Waals surface area contributed by atoms with Crippen molar-refractivity contribution in [3.63, 3.8) is 0 Å². The summed E-state index contributed by atoms with van der Waals surface area (Å²) in [6.07, 6.45) is 6.90. The second kappa shape index (κ2) is 4.29. The van der Waals surface area contributed by atoms with Crippen molar-refractivity contribution in [2.24, 2.45) is 0 Å². The van der Waals surface area contributed by atoms with Gasteiger partial charge in [0.05, 0.1) is 0 Å². The fourth-order valence-electron chi connectivity index (χ4n) is 2.19. The number of nitrogens with one attached hydrogen (secondary N) is 1. The van der Waals surface area contributed by atoms with Crippen molar-refractivity contribution in [2.45, 2.75) is 37.8 Å². The van der Waals surface area contributed by atoms with E-state index in [4.69, 9.17) is 0 Å². The Morgan fingerprint density at radius 1 is 1.53 bits per heavy atom. The van der Waals surface area contributed by atoms with Crippen molar-refractivity contribution >= 4 is 0 Å². The van der Waals surface area contributed by atoms with Gasteiger partial charge in [0.2, 0.25) is 0 Å². The van der Waals surface area contributed by atoms with Crippen LogP contribution in [0.3, 0.4) is 0 Å². The van der Waals surface area contributed by atoms with Crippen LogP contribution in [0.25, 0.3) is 0 Å². The van der Waals surface area contributed by atoms with Gasteiger partial charge in [-0.25, -0.2) is 0 Å². The predicted octanol–water partition coefficient (Wildman–Crippen LogP) is 1.43. The number of nitrogens with zero attached hydrogens (tertiary/aromatic N) is 1. The second-order valence-electron chi connectivity index (χ2n) is 4.39. The van der Waals surface area contributed by atoms with Crippen LogP contribution in [0.2, 0.25) is 0 Å². The van der Waals surface area contributed by atoms with E-state index in [1.54, 1.807) is 12.4 Å². The summed E-state index contributed by atoms with van der Waals surface area (Å²) in [4.78, 5) is 4.06. The summed E-state index contributed by atoms with van der Waals surface area (Å²) in [5, 5.41) is 13.9. The summed E-state index contributed by atoms with van der Waals surface area (Å²) < 4.78 is 0. The minimum Gasteiger partial charge on any atom is -0.384 e. The maximum Gasteiger partial charge on any atom is 0.104 e. The molecular formula is C12H18N2O. The van der Waals surface area contributed by atoms with Gasteiger partial charge in [0, 0.05) is 24.0 Å². The van der Waals surface area contributed by atoms with Crippen LogP contribution >= 0.6 is 0 Å². The van der Waals surface area contributed by atoms with Crippen molar-refractivity contribution in [3.05, 3.63) is 30.1 Å². The fourth-order valence-corrected chi connectivity index (χ4v) is 2.19. The van der Waals surface area contributed by atoms with Gasteiger partial charge in [-0.15, -0.1) is 0 Å². The summed E-state index contributed by atoms with van der Waals surface area (Å²) in [7, 11) is 0. The van der Waals surface area contributed by atoms with E-state index in [0.717, 1.165) is 18.5 Å². The fraction of sp³-hybridized carbons (Fsp3) is 0.583. The molecule has 15 heavy (non-hydrogen) atoms. The lowest BCUT2D eigenvalue weighted by molar-refractivity contribution is 0.00539. The number of aromatic nitrogens is 1. The van der Waals surface area contributed by atoms with Crippen LogP contribution in [-0.4, -0.2) is 22.7 Å². The molecule has 2 N–H and O–H groups in total. The first-order valence-corrected chi connectivity index (χ1v) is 5.57. The van der Waals surface area contributed by atoms with Crippen molar-refractivity contribution < 1.29 is 5.11 Å². The lowest BCUT2D eigenvalue weighted by Crippen LogP contribution is -2.49. The number of hydrogen-bond acceptors (Lipinski definition) is 3. The average molecular weight is 206 g/mol. The lowest BCUT2D eigenvalue weighted by Gasteiger charge is -2.36. The first-order valence-electron chi connectivity index (χ1n) is 5.57. The van der Waals surface area contributed by atoms with Crippen molar-refractivity contribution in [3.8, 4) is 0 Å². The summed E-state index contributed by atoms with van der Waals surface area (Å²) in [5.74, 6) is 0. The first kappa shape index (κ1) is 10.6. The van der Waals surface area contributed by atoms with E-state index in [1.165, 1.54) is 12.8 Å². The molecule has 2 rings (SSSR count). The molecule has 1 aromatic heterocycles. The highest BCUT2D eigenvalue weighted by atomic mass is 16.3. The quantitative estimate of drug-likeness (QED) is 0.769. The summed E-state index contributed by atoms with van der Waals surface area (Å²) in [6.45, 7) is 2.87. The van der Waals surface area contributed by atoms with Crippen molar-refractivity contribution in [1.29, 1.82) is 0 Å². The molecule has 0 amide bonds. The molecule has 2 unspecified atom stereocenters. The molecule has 2 atom stereocenters. The van der Waals surface area contributed by atoms with Gasteiger partial charge in [0.1, 0.15) is 5.60 Å². The molecule has 1 aliphatic rings. The van der Waals surface area contributed by atoms with E-state index in [9.17, 15) is 5.11 Å².